The lowest BCUT2D eigenvalue weighted by Gasteiger charge is -2.16. The topological polar surface area (TPSA) is 74.2 Å². The average molecular weight is 264 g/mol. The van der Waals surface area contributed by atoms with Crippen LogP contribution in [0.25, 0.3) is 0 Å². The van der Waals surface area contributed by atoms with E-state index in [-0.39, 0.29) is 6.10 Å². The molecule has 1 heterocycles. The summed E-state index contributed by atoms with van der Waals surface area (Å²) in [6.07, 6.45) is 1.30. The molecule has 0 aliphatic rings. The molecule has 18 heavy (non-hydrogen) atoms. The maximum atomic E-state index is 5.85. The third-order valence-corrected chi connectivity index (χ3v) is 2.74. The lowest BCUT2D eigenvalue weighted by Crippen LogP contribution is -2.06. The van der Waals surface area contributed by atoms with Crippen molar-refractivity contribution in [3.05, 3.63) is 47.1 Å². The summed E-state index contributed by atoms with van der Waals surface area (Å²) in [6.45, 7) is 1.91. The van der Waals surface area contributed by atoms with E-state index < -0.39 is 0 Å². The summed E-state index contributed by atoms with van der Waals surface area (Å²) >= 11 is 5.85. The summed E-state index contributed by atoms with van der Waals surface area (Å²) in [7, 11) is 0. The molecule has 2 aromatic rings. The number of nitrogen functional groups attached to an aromatic ring is 2. The van der Waals surface area contributed by atoms with Crippen molar-refractivity contribution in [1.29, 1.82) is 0 Å². The van der Waals surface area contributed by atoms with Gasteiger partial charge in [-0.1, -0.05) is 23.7 Å². The molecule has 0 unspecified atom stereocenters. The molecular weight excluding hydrogens is 250 g/mol. The number of aromatic nitrogens is 1. The third kappa shape index (κ3) is 2.84. The van der Waals surface area contributed by atoms with Gasteiger partial charge < -0.3 is 16.2 Å². The molecule has 0 aliphatic carbocycles. The van der Waals surface area contributed by atoms with Crippen LogP contribution in [-0.2, 0) is 0 Å². The van der Waals surface area contributed by atoms with Crippen LogP contribution in [-0.4, -0.2) is 4.98 Å². The van der Waals surface area contributed by atoms with Crippen LogP contribution in [0.1, 0.15) is 18.6 Å². The van der Waals surface area contributed by atoms with Crippen LogP contribution in [0.4, 0.5) is 11.5 Å². The van der Waals surface area contributed by atoms with Gasteiger partial charge in [0, 0.05) is 18.0 Å². The zero-order valence-electron chi connectivity index (χ0n) is 9.93. The molecule has 0 bridgehead atoms. The van der Waals surface area contributed by atoms with Crippen molar-refractivity contribution in [3.63, 3.8) is 0 Å². The smallest absolute Gasteiger partial charge is 0.166 e. The van der Waals surface area contributed by atoms with Crippen LogP contribution < -0.4 is 16.2 Å². The molecule has 0 aliphatic heterocycles. The minimum absolute atomic E-state index is 0.184. The average Bonchev–Trinajstić information content (AvgIpc) is 2.34. The molecule has 0 radical (unpaired) electrons. The summed E-state index contributed by atoms with van der Waals surface area (Å²) < 4.78 is 5.74. The molecule has 1 aromatic carbocycles. The Balaban J connectivity index is 2.21. The molecule has 0 amide bonds. The summed E-state index contributed by atoms with van der Waals surface area (Å²) in [5, 5.41) is 0.485. The maximum absolute atomic E-state index is 5.85. The molecule has 94 valence electrons. The van der Waals surface area contributed by atoms with Crippen molar-refractivity contribution < 1.29 is 4.74 Å². The van der Waals surface area contributed by atoms with E-state index in [4.69, 9.17) is 27.8 Å². The molecule has 5 heteroatoms. The van der Waals surface area contributed by atoms with Gasteiger partial charge in [0.05, 0.1) is 5.02 Å². The Bertz CT molecular complexity index is 560. The summed E-state index contributed by atoms with van der Waals surface area (Å²) in [5.41, 5.74) is 13.1. The number of hydrogen-bond acceptors (Lipinski definition) is 4. The van der Waals surface area contributed by atoms with Crippen LogP contribution in [0.5, 0.6) is 5.75 Å². The number of anilines is 2. The Hall–Kier alpha value is -1.94. The number of nitrogens with two attached hydrogens (primary N) is 2. The van der Waals surface area contributed by atoms with Crippen molar-refractivity contribution in [1.82, 2.24) is 4.98 Å². The van der Waals surface area contributed by atoms with Crippen molar-refractivity contribution in [2.45, 2.75) is 13.0 Å². The quantitative estimate of drug-likeness (QED) is 0.835. The Morgan fingerprint density at radius 2 is 2.06 bits per heavy atom. The standard InChI is InChI=1S/C13H14ClN3O/c1-8(9-3-2-4-11(15)5-9)18-12-6-10(14)7-17-13(12)16/h2-8H,15H2,1H3,(H2,16,17)/t8-/m0/s1. The van der Waals surface area contributed by atoms with Crippen LogP contribution >= 0.6 is 11.6 Å². The highest BCUT2D eigenvalue weighted by atomic mass is 35.5. The van der Waals surface area contributed by atoms with Crippen molar-refractivity contribution in [2.75, 3.05) is 11.5 Å². The second kappa shape index (κ2) is 5.14. The van der Waals surface area contributed by atoms with E-state index in [1.165, 1.54) is 6.20 Å². The third-order valence-electron chi connectivity index (χ3n) is 2.53. The number of pyridine rings is 1. The van der Waals surface area contributed by atoms with Gasteiger partial charge in [-0.15, -0.1) is 0 Å². The first-order chi connectivity index (χ1) is 8.56. The number of ether oxygens (including phenoxy) is 1. The predicted octanol–water partition coefficient (Wildman–Crippen LogP) is 3.04. The molecule has 0 spiro atoms. The van der Waals surface area contributed by atoms with Crippen LogP contribution in [0.15, 0.2) is 36.5 Å². The summed E-state index contributed by atoms with van der Waals surface area (Å²) in [6, 6.07) is 9.15. The highest BCUT2D eigenvalue weighted by Crippen LogP contribution is 2.28. The van der Waals surface area contributed by atoms with Gasteiger partial charge in [0.25, 0.3) is 0 Å². The first-order valence-electron chi connectivity index (χ1n) is 5.49. The molecule has 4 nitrogen and oxygen atoms in total. The second-order valence-corrected chi connectivity index (χ2v) is 4.40. The minimum atomic E-state index is -0.184. The van der Waals surface area contributed by atoms with E-state index in [2.05, 4.69) is 4.98 Å². The maximum Gasteiger partial charge on any atom is 0.166 e. The van der Waals surface area contributed by atoms with Gasteiger partial charge in [-0.3, -0.25) is 0 Å². The van der Waals surface area contributed by atoms with Crippen molar-refractivity contribution in [2.24, 2.45) is 0 Å². The summed E-state index contributed by atoms with van der Waals surface area (Å²) in [4.78, 5) is 3.94. The molecule has 0 fully saturated rings. The Morgan fingerprint density at radius 3 is 2.78 bits per heavy atom. The largest absolute Gasteiger partial charge is 0.482 e. The number of hydrogen-bond donors (Lipinski definition) is 2. The Morgan fingerprint density at radius 1 is 1.28 bits per heavy atom. The molecule has 1 aromatic heterocycles. The molecule has 4 N–H and O–H groups in total. The van der Waals surface area contributed by atoms with E-state index >= 15 is 0 Å². The van der Waals surface area contributed by atoms with Crippen molar-refractivity contribution in [3.8, 4) is 5.75 Å². The molecule has 2 rings (SSSR count). The zero-order chi connectivity index (χ0) is 13.1. The monoisotopic (exact) mass is 263 g/mol. The fourth-order valence-corrected chi connectivity index (χ4v) is 1.74. The minimum Gasteiger partial charge on any atom is -0.482 e. The first-order valence-corrected chi connectivity index (χ1v) is 5.87. The number of halogens is 1. The number of rotatable bonds is 3. The Labute approximate surface area is 111 Å². The van der Waals surface area contributed by atoms with Gasteiger partial charge in [-0.05, 0) is 24.6 Å². The highest BCUT2D eigenvalue weighted by Gasteiger charge is 2.10. The lowest BCUT2D eigenvalue weighted by molar-refractivity contribution is 0.227. The first kappa shape index (κ1) is 12.5. The van der Waals surface area contributed by atoms with Gasteiger partial charge in [0.15, 0.2) is 11.6 Å². The molecule has 0 saturated carbocycles. The number of nitrogens with zero attached hydrogens (tertiary/aromatic N) is 1. The fourth-order valence-electron chi connectivity index (χ4n) is 1.60. The second-order valence-electron chi connectivity index (χ2n) is 3.97. The van der Waals surface area contributed by atoms with Gasteiger partial charge in [-0.2, -0.15) is 0 Å². The summed E-state index contributed by atoms with van der Waals surface area (Å²) in [5.74, 6) is 0.785. The number of benzene rings is 1. The molecule has 1 atom stereocenters. The molecular formula is C13H14ClN3O. The predicted molar refractivity (Wildman–Crippen MR) is 73.6 cm³/mol. The van der Waals surface area contributed by atoms with E-state index in [1.54, 1.807) is 6.07 Å². The van der Waals surface area contributed by atoms with E-state index in [0.717, 1.165) is 5.56 Å². The molecule has 0 saturated heterocycles. The van der Waals surface area contributed by atoms with Gasteiger partial charge >= 0.3 is 0 Å². The Kier molecular flexibility index (Phi) is 3.58. The van der Waals surface area contributed by atoms with E-state index in [0.29, 0.717) is 22.3 Å². The van der Waals surface area contributed by atoms with Gasteiger partial charge in [0.1, 0.15) is 6.10 Å². The van der Waals surface area contributed by atoms with Crippen molar-refractivity contribution >= 4 is 23.1 Å². The van der Waals surface area contributed by atoms with Crippen LogP contribution in [0.3, 0.4) is 0 Å². The van der Waals surface area contributed by atoms with E-state index in [9.17, 15) is 0 Å². The van der Waals surface area contributed by atoms with Crippen LogP contribution in [0.2, 0.25) is 5.02 Å². The van der Waals surface area contributed by atoms with E-state index in [1.807, 2.05) is 31.2 Å². The highest BCUT2D eigenvalue weighted by molar-refractivity contribution is 6.30. The van der Waals surface area contributed by atoms with Crippen LogP contribution in [0, 0.1) is 0 Å². The zero-order valence-corrected chi connectivity index (χ0v) is 10.7. The normalized spacial score (nSPS) is 12.1. The SMILES string of the molecule is C[C@H](Oc1cc(Cl)cnc1N)c1cccc(N)c1. The lowest BCUT2D eigenvalue weighted by atomic mass is 10.1. The fraction of sp³-hybridized carbons (Fsp3) is 0.154. The van der Waals surface area contributed by atoms with Gasteiger partial charge in [0.2, 0.25) is 0 Å². The van der Waals surface area contributed by atoms with Gasteiger partial charge in [-0.25, -0.2) is 4.98 Å².